The van der Waals surface area contributed by atoms with Gasteiger partial charge in [0.1, 0.15) is 11.5 Å². The van der Waals surface area contributed by atoms with Crippen molar-refractivity contribution in [3.8, 4) is 0 Å². The molecule has 3 N–H and O–H groups in total. The van der Waals surface area contributed by atoms with E-state index >= 15 is 0 Å². The molecule has 0 saturated heterocycles. The summed E-state index contributed by atoms with van der Waals surface area (Å²) in [7, 11) is 0. The summed E-state index contributed by atoms with van der Waals surface area (Å²) in [6, 6.07) is 7.06. The van der Waals surface area contributed by atoms with Crippen LogP contribution in [0, 0.1) is 6.92 Å². The molecular weight excluding hydrogens is 228 g/mol. The molecule has 0 aliphatic heterocycles. The van der Waals surface area contributed by atoms with Crippen LogP contribution in [0.15, 0.2) is 36.7 Å². The Kier molecular flexibility index (Phi) is 3.64. The van der Waals surface area contributed by atoms with E-state index in [2.05, 4.69) is 15.3 Å². The van der Waals surface area contributed by atoms with Gasteiger partial charge in [-0.2, -0.15) is 0 Å². The lowest BCUT2D eigenvalue weighted by molar-refractivity contribution is 0.102. The molecule has 5 heteroatoms. The van der Waals surface area contributed by atoms with Gasteiger partial charge in [0.25, 0.3) is 5.91 Å². The van der Waals surface area contributed by atoms with Crippen LogP contribution >= 0.6 is 0 Å². The summed E-state index contributed by atoms with van der Waals surface area (Å²) in [5.74, 6) is 0.227. The Morgan fingerprint density at radius 2 is 2.06 bits per heavy atom. The molecule has 2 aromatic heterocycles. The number of anilines is 1. The number of rotatable bonds is 3. The number of nitrogens with two attached hydrogens (primary N) is 1. The summed E-state index contributed by atoms with van der Waals surface area (Å²) >= 11 is 0. The number of carbonyl (C=O) groups excluding carboxylic acids is 1. The Morgan fingerprint density at radius 1 is 1.22 bits per heavy atom. The normalized spacial score (nSPS) is 10.1. The number of nitrogens with zero attached hydrogens (tertiary/aromatic N) is 2. The lowest BCUT2D eigenvalue weighted by Gasteiger charge is -2.04. The first kappa shape index (κ1) is 12.2. The molecular formula is C13H14N4O. The second-order valence-corrected chi connectivity index (χ2v) is 3.93. The third-order valence-electron chi connectivity index (χ3n) is 2.45. The van der Waals surface area contributed by atoms with Gasteiger partial charge in [-0.15, -0.1) is 0 Å². The summed E-state index contributed by atoms with van der Waals surface area (Å²) in [5, 5.41) is 2.68. The number of aryl methyl sites for hydroxylation is 1. The molecule has 0 aliphatic carbocycles. The largest absolute Gasteiger partial charge is 0.326 e. The first-order valence-electron chi connectivity index (χ1n) is 5.58. The Bertz CT molecular complexity index is 534. The molecule has 0 aliphatic rings. The zero-order valence-electron chi connectivity index (χ0n) is 10.1. The molecule has 2 rings (SSSR count). The van der Waals surface area contributed by atoms with Crippen molar-refractivity contribution in [3.05, 3.63) is 53.5 Å². The number of hydrogen-bond acceptors (Lipinski definition) is 4. The third kappa shape index (κ3) is 2.89. The molecule has 2 heterocycles. The van der Waals surface area contributed by atoms with E-state index in [1.165, 1.54) is 0 Å². The zero-order valence-corrected chi connectivity index (χ0v) is 10.1. The molecule has 0 spiro atoms. The molecule has 0 saturated carbocycles. The second-order valence-electron chi connectivity index (χ2n) is 3.93. The molecule has 1 amide bonds. The topological polar surface area (TPSA) is 80.9 Å². The lowest BCUT2D eigenvalue weighted by Crippen LogP contribution is -2.14. The van der Waals surface area contributed by atoms with Crippen molar-refractivity contribution in [1.29, 1.82) is 0 Å². The van der Waals surface area contributed by atoms with Crippen LogP contribution in [0.2, 0.25) is 0 Å². The van der Waals surface area contributed by atoms with Crippen LogP contribution in [0.3, 0.4) is 0 Å². The first-order chi connectivity index (χ1) is 8.69. The third-order valence-corrected chi connectivity index (χ3v) is 2.45. The van der Waals surface area contributed by atoms with Crippen molar-refractivity contribution in [2.45, 2.75) is 13.5 Å². The Morgan fingerprint density at radius 3 is 2.61 bits per heavy atom. The highest BCUT2D eigenvalue weighted by Gasteiger charge is 2.07. The van der Waals surface area contributed by atoms with E-state index in [1.54, 1.807) is 30.6 Å². The molecule has 0 atom stereocenters. The van der Waals surface area contributed by atoms with Crippen molar-refractivity contribution in [3.63, 3.8) is 0 Å². The average Bonchev–Trinajstić information content (AvgIpc) is 2.41. The van der Waals surface area contributed by atoms with Gasteiger partial charge in [-0.25, -0.2) is 4.98 Å². The number of hydrogen-bond donors (Lipinski definition) is 2. The van der Waals surface area contributed by atoms with E-state index in [9.17, 15) is 4.79 Å². The summed E-state index contributed by atoms with van der Waals surface area (Å²) < 4.78 is 0. The Hall–Kier alpha value is -2.27. The minimum absolute atomic E-state index is 0.282. The average molecular weight is 242 g/mol. The minimum atomic E-state index is -0.282. The van der Waals surface area contributed by atoms with E-state index in [4.69, 9.17) is 5.73 Å². The summed E-state index contributed by atoms with van der Waals surface area (Å²) in [6.07, 6.45) is 3.29. The SMILES string of the molecule is Cc1ccc(NC(=O)c2ccc(CN)cn2)nc1. The smallest absolute Gasteiger partial charge is 0.275 e. The predicted octanol–water partition coefficient (Wildman–Crippen LogP) is 1.50. The van der Waals surface area contributed by atoms with E-state index in [0.717, 1.165) is 11.1 Å². The highest BCUT2D eigenvalue weighted by molar-refractivity contribution is 6.02. The van der Waals surface area contributed by atoms with Crippen LogP contribution in [0.5, 0.6) is 0 Å². The molecule has 0 unspecified atom stereocenters. The van der Waals surface area contributed by atoms with Crippen LogP contribution in [-0.4, -0.2) is 15.9 Å². The summed E-state index contributed by atoms with van der Waals surface area (Å²) in [4.78, 5) is 20.0. The first-order valence-corrected chi connectivity index (χ1v) is 5.58. The number of carbonyl (C=O) groups is 1. The van der Waals surface area contributed by atoms with Gasteiger partial charge in [-0.3, -0.25) is 9.78 Å². The van der Waals surface area contributed by atoms with Gasteiger partial charge in [0.05, 0.1) is 0 Å². The maximum atomic E-state index is 11.9. The molecule has 0 fully saturated rings. The van der Waals surface area contributed by atoms with Gasteiger partial charge >= 0.3 is 0 Å². The van der Waals surface area contributed by atoms with E-state index in [-0.39, 0.29) is 5.91 Å². The Labute approximate surface area is 105 Å². The van der Waals surface area contributed by atoms with Gasteiger partial charge in [0.2, 0.25) is 0 Å². The quantitative estimate of drug-likeness (QED) is 0.854. The molecule has 5 nitrogen and oxygen atoms in total. The van der Waals surface area contributed by atoms with E-state index in [1.807, 2.05) is 13.0 Å². The van der Waals surface area contributed by atoms with Crippen molar-refractivity contribution in [2.75, 3.05) is 5.32 Å². The van der Waals surface area contributed by atoms with Gasteiger partial charge < -0.3 is 11.1 Å². The lowest BCUT2D eigenvalue weighted by atomic mass is 10.2. The minimum Gasteiger partial charge on any atom is -0.326 e. The number of aromatic nitrogens is 2. The fourth-order valence-corrected chi connectivity index (χ4v) is 1.40. The van der Waals surface area contributed by atoms with Crippen LogP contribution in [0.1, 0.15) is 21.6 Å². The van der Waals surface area contributed by atoms with Crippen LogP contribution in [0.25, 0.3) is 0 Å². The standard InChI is InChI=1S/C13H14N4O/c1-9-2-5-12(16-7-9)17-13(18)11-4-3-10(6-14)8-15-11/h2-5,7-8H,6,14H2,1H3,(H,16,17,18). The van der Waals surface area contributed by atoms with Crippen LogP contribution in [-0.2, 0) is 6.54 Å². The van der Waals surface area contributed by atoms with Gasteiger partial charge in [-0.05, 0) is 30.2 Å². The molecule has 0 bridgehead atoms. The molecule has 2 aromatic rings. The van der Waals surface area contributed by atoms with Crippen molar-refractivity contribution in [1.82, 2.24) is 9.97 Å². The number of nitrogens with one attached hydrogen (secondary N) is 1. The number of pyridine rings is 2. The van der Waals surface area contributed by atoms with Gasteiger partial charge in [0, 0.05) is 18.9 Å². The van der Waals surface area contributed by atoms with Crippen molar-refractivity contribution < 1.29 is 4.79 Å². The fourth-order valence-electron chi connectivity index (χ4n) is 1.40. The molecule has 92 valence electrons. The van der Waals surface area contributed by atoms with Crippen LogP contribution in [0.4, 0.5) is 5.82 Å². The maximum Gasteiger partial charge on any atom is 0.275 e. The van der Waals surface area contributed by atoms with Crippen molar-refractivity contribution in [2.24, 2.45) is 5.73 Å². The summed E-state index contributed by atoms with van der Waals surface area (Å²) in [6.45, 7) is 2.35. The molecule has 0 radical (unpaired) electrons. The van der Waals surface area contributed by atoms with E-state index in [0.29, 0.717) is 18.1 Å². The second kappa shape index (κ2) is 5.37. The highest BCUT2D eigenvalue weighted by atomic mass is 16.1. The zero-order chi connectivity index (χ0) is 13.0. The Balaban J connectivity index is 2.09. The van der Waals surface area contributed by atoms with E-state index < -0.39 is 0 Å². The molecule has 18 heavy (non-hydrogen) atoms. The van der Waals surface area contributed by atoms with Crippen LogP contribution < -0.4 is 11.1 Å². The molecule has 0 aromatic carbocycles. The van der Waals surface area contributed by atoms with Crippen molar-refractivity contribution >= 4 is 11.7 Å². The highest BCUT2D eigenvalue weighted by Crippen LogP contribution is 2.06. The van der Waals surface area contributed by atoms with Gasteiger partial charge in [0.15, 0.2) is 0 Å². The predicted molar refractivity (Wildman–Crippen MR) is 69.1 cm³/mol. The summed E-state index contributed by atoms with van der Waals surface area (Å²) in [5.41, 5.74) is 7.73. The monoisotopic (exact) mass is 242 g/mol. The fraction of sp³-hybridized carbons (Fsp3) is 0.154. The van der Waals surface area contributed by atoms with Gasteiger partial charge in [-0.1, -0.05) is 12.1 Å². The maximum absolute atomic E-state index is 11.9. The number of amides is 1.